The number of carbonyl (C=O) groups is 1. The monoisotopic (exact) mass is 264 g/mol. The molecule has 2 atom stereocenters. The molecule has 0 spiro atoms. The van der Waals surface area contributed by atoms with Crippen molar-refractivity contribution in [3.8, 4) is 0 Å². The second-order valence-electron chi connectivity index (χ2n) is 5.16. The third kappa shape index (κ3) is 2.25. The van der Waals surface area contributed by atoms with E-state index < -0.39 is 0 Å². The lowest BCUT2D eigenvalue weighted by atomic mass is 9.93. The van der Waals surface area contributed by atoms with Gasteiger partial charge in [0.2, 0.25) is 0 Å². The Balaban J connectivity index is 1.73. The number of hydrogen-bond donors (Lipinski definition) is 1. The lowest BCUT2D eigenvalue weighted by molar-refractivity contribution is 0.0662. The van der Waals surface area contributed by atoms with Crippen molar-refractivity contribution in [2.24, 2.45) is 5.92 Å². The van der Waals surface area contributed by atoms with E-state index in [1.807, 2.05) is 17.0 Å². The predicted octanol–water partition coefficient (Wildman–Crippen LogP) is 2.16. The molecule has 2 heterocycles. The quantitative estimate of drug-likeness (QED) is 0.843. The van der Waals surface area contributed by atoms with Gasteiger partial charge in [-0.05, 0) is 43.5 Å². The summed E-state index contributed by atoms with van der Waals surface area (Å²) in [6.07, 6.45) is 2.25. The lowest BCUT2D eigenvalue weighted by Crippen LogP contribution is -2.46. The average molecular weight is 265 g/mol. The zero-order chi connectivity index (χ0) is 12.5. The third-order valence-corrected chi connectivity index (χ3v) is 4.25. The van der Waals surface area contributed by atoms with Crippen molar-refractivity contribution in [1.29, 1.82) is 0 Å². The molecule has 1 N–H and O–H groups in total. The number of halogens is 1. The molecule has 2 fully saturated rings. The maximum atomic E-state index is 12.4. The smallest absolute Gasteiger partial charge is 0.253 e. The van der Waals surface area contributed by atoms with Crippen molar-refractivity contribution in [3.63, 3.8) is 0 Å². The van der Waals surface area contributed by atoms with Crippen LogP contribution in [0.2, 0.25) is 5.02 Å². The molecule has 1 amide bonds. The Morgan fingerprint density at radius 3 is 3.11 bits per heavy atom. The third-order valence-electron chi connectivity index (χ3n) is 4.01. The molecule has 1 aromatic carbocycles. The van der Waals surface area contributed by atoms with Crippen LogP contribution in [0.25, 0.3) is 0 Å². The van der Waals surface area contributed by atoms with Crippen molar-refractivity contribution in [2.75, 3.05) is 19.6 Å². The molecule has 18 heavy (non-hydrogen) atoms. The highest BCUT2D eigenvalue weighted by molar-refractivity contribution is 6.30. The molecule has 0 saturated carbocycles. The minimum atomic E-state index is 0.114. The molecular formula is C14H17ClN2O. The number of hydrogen-bond acceptors (Lipinski definition) is 2. The van der Waals surface area contributed by atoms with Crippen molar-refractivity contribution in [3.05, 3.63) is 34.9 Å². The van der Waals surface area contributed by atoms with Gasteiger partial charge in [0.25, 0.3) is 5.91 Å². The second-order valence-corrected chi connectivity index (χ2v) is 5.60. The first kappa shape index (κ1) is 12.0. The van der Waals surface area contributed by atoms with E-state index in [0.29, 0.717) is 22.5 Å². The summed E-state index contributed by atoms with van der Waals surface area (Å²) in [5.74, 6) is 0.740. The van der Waals surface area contributed by atoms with Gasteiger partial charge < -0.3 is 10.2 Å². The number of nitrogens with one attached hydrogen (secondary N) is 1. The van der Waals surface area contributed by atoms with Gasteiger partial charge in [0, 0.05) is 29.7 Å². The first-order valence-corrected chi connectivity index (χ1v) is 6.90. The summed E-state index contributed by atoms with van der Waals surface area (Å²) in [4.78, 5) is 14.4. The van der Waals surface area contributed by atoms with Crippen LogP contribution in [-0.4, -0.2) is 36.5 Å². The number of rotatable bonds is 1. The van der Waals surface area contributed by atoms with Gasteiger partial charge in [0.15, 0.2) is 0 Å². The molecule has 0 radical (unpaired) electrons. The second kappa shape index (κ2) is 4.90. The minimum absolute atomic E-state index is 0.114. The fourth-order valence-electron chi connectivity index (χ4n) is 3.04. The van der Waals surface area contributed by atoms with E-state index >= 15 is 0 Å². The average Bonchev–Trinajstić information content (AvgIpc) is 2.85. The molecule has 2 aliphatic heterocycles. The molecule has 1 aromatic rings. The summed E-state index contributed by atoms with van der Waals surface area (Å²) in [6, 6.07) is 7.84. The molecule has 0 aromatic heterocycles. The van der Waals surface area contributed by atoms with Crippen LogP contribution in [0.4, 0.5) is 0 Å². The van der Waals surface area contributed by atoms with Crippen molar-refractivity contribution < 1.29 is 4.79 Å². The summed E-state index contributed by atoms with van der Waals surface area (Å²) in [5.41, 5.74) is 0.701. The first-order valence-electron chi connectivity index (χ1n) is 6.52. The molecule has 2 aliphatic rings. The summed E-state index contributed by atoms with van der Waals surface area (Å²) in [6.45, 7) is 2.82. The Bertz CT molecular complexity index is 463. The highest BCUT2D eigenvalue weighted by atomic mass is 35.5. The van der Waals surface area contributed by atoms with E-state index in [-0.39, 0.29) is 5.91 Å². The minimum Gasteiger partial charge on any atom is -0.338 e. The van der Waals surface area contributed by atoms with E-state index in [2.05, 4.69) is 5.32 Å². The Kier molecular flexibility index (Phi) is 3.27. The van der Waals surface area contributed by atoms with Crippen LogP contribution in [0.15, 0.2) is 24.3 Å². The molecule has 2 saturated heterocycles. The number of benzene rings is 1. The van der Waals surface area contributed by atoms with Gasteiger partial charge in [0.05, 0.1) is 0 Å². The number of nitrogens with zero attached hydrogens (tertiary/aromatic N) is 1. The van der Waals surface area contributed by atoms with Crippen LogP contribution in [0.5, 0.6) is 0 Å². The molecule has 2 unspecified atom stereocenters. The summed E-state index contributed by atoms with van der Waals surface area (Å²) < 4.78 is 0. The normalized spacial score (nSPS) is 27.1. The van der Waals surface area contributed by atoms with Crippen molar-refractivity contribution in [2.45, 2.75) is 18.9 Å². The van der Waals surface area contributed by atoms with Crippen LogP contribution in [0.3, 0.4) is 0 Å². The number of fused-ring (bicyclic) bond motifs is 1. The Morgan fingerprint density at radius 2 is 2.28 bits per heavy atom. The van der Waals surface area contributed by atoms with Crippen LogP contribution in [-0.2, 0) is 0 Å². The fraction of sp³-hybridized carbons (Fsp3) is 0.500. The van der Waals surface area contributed by atoms with Gasteiger partial charge in [-0.2, -0.15) is 0 Å². The Hall–Kier alpha value is -1.06. The molecule has 0 bridgehead atoms. The van der Waals surface area contributed by atoms with Gasteiger partial charge in [-0.1, -0.05) is 17.7 Å². The predicted molar refractivity (Wildman–Crippen MR) is 71.9 cm³/mol. The van der Waals surface area contributed by atoms with Gasteiger partial charge in [-0.25, -0.2) is 0 Å². The maximum absolute atomic E-state index is 12.4. The van der Waals surface area contributed by atoms with Gasteiger partial charge in [0.1, 0.15) is 0 Å². The van der Waals surface area contributed by atoms with Gasteiger partial charge in [-0.15, -0.1) is 0 Å². The molecule has 3 nitrogen and oxygen atoms in total. The summed E-state index contributed by atoms with van der Waals surface area (Å²) >= 11 is 5.94. The summed E-state index contributed by atoms with van der Waals surface area (Å²) in [7, 11) is 0. The molecule has 96 valence electrons. The molecule has 0 aliphatic carbocycles. The number of likely N-dealkylation sites (tertiary alicyclic amines) is 1. The zero-order valence-electron chi connectivity index (χ0n) is 10.2. The SMILES string of the molecule is O=C(c1cccc(Cl)c1)N1CCC2NCCC2C1. The van der Waals surface area contributed by atoms with E-state index in [4.69, 9.17) is 11.6 Å². The van der Waals surface area contributed by atoms with Crippen molar-refractivity contribution >= 4 is 17.5 Å². The van der Waals surface area contributed by atoms with Gasteiger partial charge >= 0.3 is 0 Å². The lowest BCUT2D eigenvalue weighted by Gasteiger charge is -2.34. The van der Waals surface area contributed by atoms with Crippen LogP contribution >= 0.6 is 11.6 Å². The first-order chi connectivity index (χ1) is 8.74. The highest BCUT2D eigenvalue weighted by Gasteiger charge is 2.34. The molecule has 3 rings (SSSR count). The fourth-order valence-corrected chi connectivity index (χ4v) is 3.23. The zero-order valence-corrected chi connectivity index (χ0v) is 11.0. The van der Waals surface area contributed by atoms with E-state index in [1.54, 1.807) is 12.1 Å². The number of carbonyl (C=O) groups excluding carboxylic acids is 1. The van der Waals surface area contributed by atoms with E-state index in [0.717, 1.165) is 26.1 Å². The molecular weight excluding hydrogens is 248 g/mol. The van der Waals surface area contributed by atoms with E-state index in [1.165, 1.54) is 6.42 Å². The topological polar surface area (TPSA) is 32.3 Å². The number of piperidine rings is 1. The summed E-state index contributed by atoms with van der Waals surface area (Å²) in [5, 5.41) is 4.13. The van der Waals surface area contributed by atoms with Crippen LogP contribution in [0.1, 0.15) is 23.2 Å². The largest absolute Gasteiger partial charge is 0.338 e. The Morgan fingerprint density at radius 1 is 1.39 bits per heavy atom. The highest BCUT2D eigenvalue weighted by Crippen LogP contribution is 2.25. The Labute approximate surface area is 112 Å². The number of amides is 1. The van der Waals surface area contributed by atoms with Crippen molar-refractivity contribution in [1.82, 2.24) is 10.2 Å². The maximum Gasteiger partial charge on any atom is 0.253 e. The van der Waals surface area contributed by atoms with Gasteiger partial charge in [-0.3, -0.25) is 4.79 Å². The molecule has 4 heteroatoms. The van der Waals surface area contributed by atoms with Crippen LogP contribution in [0, 0.1) is 5.92 Å². The van der Waals surface area contributed by atoms with Crippen LogP contribution < -0.4 is 5.32 Å². The van der Waals surface area contributed by atoms with E-state index in [9.17, 15) is 4.79 Å². The standard InChI is InChI=1S/C14H17ClN2O/c15-12-3-1-2-10(8-12)14(18)17-7-5-13-11(9-17)4-6-16-13/h1-3,8,11,13,16H,4-7,9H2.